The summed E-state index contributed by atoms with van der Waals surface area (Å²) in [6.45, 7) is 7.35. The van der Waals surface area contributed by atoms with Crippen LogP contribution in [0.15, 0.2) is 42.6 Å². The zero-order chi connectivity index (χ0) is 20.1. The molecule has 2 heterocycles. The van der Waals surface area contributed by atoms with Gasteiger partial charge in [-0.15, -0.1) is 0 Å². The third-order valence-corrected chi connectivity index (χ3v) is 5.30. The SMILES string of the molecule is COc1ncccc1C(=O)N1CCCN(Cc2ccc(F)cc2)C(C(C)C)C1. The van der Waals surface area contributed by atoms with E-state index in [9.17, 15) is 9.18 Å². The largest absolute Gasteiger partial charge is 0.480 e. The Labute approximate surface area is 166 Å². The number of ether oxygens (including phenoxy) is 1. The van der Waals surface area contributed by atoms with Gasteiger partial charge in [0, 0.05) is 38.4 Å². The molecule has 1 aliphatic rings. The van der Waals surface area contributed by atoms with Gasteiger partial charge in [0.2, 0.25) is 5.88 Å². The van der Waals surface area contributed by atoms with E-state index in [1.54, 1.807) is 18.3 Å². The summed E-state index contributed by atoms with van der Waals surface area (Å²) < 4.78 is 18.5. The Morgan fingerprint density at radius 1 is 1.25 bits per heavy atom. The monoisotopic (exact) mass is 385 g/mol. The number of benzene rings is 1. The smallest absolute Gasteiger partial charge is 0.259 e. The molecule has 0 aliphatic carbocycles. The van der Waals surface area contributed by atoms with Gasteiger partial charge in [-0.2, -0.15) is 0 Å². The van der Waals surface area contributed by atoms with Gasteiger partial charge in [-0.05, 0) is 42.2 Å². The second kappa shape index (κ2) is 9.15. The van der Waals surface area contributed by atoms with Gasteiger partial charge >= 0.3 is 0 Å². The first-order chi connectivity index (χ1) is 13.5. The fourth-order valence-corrected chi connectivity index (χ4v) is 3.79. The minimum Gasteiger partial charge on any atom is -0.480 e. The molecule has 1 amide bonds. The average Bonchev–Trinajstić information content (AvgIpc) is 2.92. The van der Waals surface area contributed by atoms with Crippen LogP contribution in [0.25, 0.3) is 0 Å². The molecule has 0 bridgehead atoms. The molecule has 1 atom stereocenters. The number of aromatic nitrogens is 1. The summed E-state index contributed by atoms with van der Waals surface area (Å²) >= 11 is 0. The van der Waals surface area contributed by atoms with Crippen molar-refractivity contribution in [3.05, 3.63) is 59.5 Å². The van der Waals surface area contributed by atoms with Crippen molar-refractivity contribution in [1.82, 2.24) is 14.8 Å². The third-order valence-electron chi connectivity index (χ3n) is 5.30. The molecule has 150 valence electrons. The number of methoxy groups -OCH3 is 1. The molecule has 1 aliphatic heterocycles. The predicted octanol–water partition coefficient (Wildman–Crippen LogP) is 3.60. The van der Waals surface area contributed by atoms with Crippen LogP contribution in [-0.2, 0) is 6.54 Å². The molecule has 1 unspecified atom stereocenters. The zero-order valence-electron chi connectivity index (χ0n) is 16.8. The summed E-state index contributed by atoms with van der Waals surface area (Å²) in [6, 6.07) is 10.4. The quantitative estimate of drug-likeness (QED) is 0.789. The molecule has 3 rings (SSSR count). The Morgan fingerprint density at radius 2 is 2.00 bits per heavy atom. The normalized spacial score (nSPS) is 18.2. The highest BCUT2D eigenvalue weighted by Crippen LogP contribution is 2.23. The molecule has 1 saturated heterocycles. The van der Waals surface area contributed by atoms with Crippen LogP contribution in [0.3, 0.4) is 0 Å². The Bertz CT molecular complexity index is 795. The number of amides is 1. The van der Waals surface area contributed by atoms with Gasteiger partial charge in [0.15, 0.2) is 0 Å². The van der Waals surface area contributed by atoms with Crippen LogP contribution >= 0.6 is 0 Å². The molecule has 28 heavy (non-hydrogen) atoms. The summed E-state index contributed by atoms with van der Waals surface area (Å²) in [5.74, 6) is 0.479. The van der Waals surface area contributed by atoms with Crippen molar-refractivity contribution in [2.24, 2.45) is 5.92 Å². The van der Waals surface area contributed by atoms with Gasteiger partial charge in [-0.1, -0.05) is 26.0 Å². The van der Waals surface area contributed by atoms with E-state index in [1.807, 2.05) is 17.0 Å². The number of rotatable bonds is 5. The van der Waals surface area contributed by atoms with Crippen LogP contribution in [0.2, 0.25) is 0 Å². The molecular weight excluding hydrogens is 357 g/mol. The molecule has 1 aromatic carbocycles. The zero-order valence-corrected chi connectivity index (χ0v) is 16.8. The molecular formula is C22H28FN3O2. The lowest BCUT2D eigenvalue weighted by atomic mass is 10.0. The van der Waals surface area contributed by atoms with E-state index >= 15 is 0 Å². The number of carbonyl (C=O) groups excluding carboxylic acids is 1. The highest BCUT2D eigenvalue weighted by atomic mass is 19.1. The lowest BCUT2D eigenvalue weighted by Gasteiger charge is -2.34. The van der Waals surface area contributed by atoms with Gasteiger partial charge in [0.05, 0.1) is 7.11 Å². The molecule has 0 saturated carbocycles. The lowest BCUT2D eigenvalue weighted by Crippen LogP contribution is -2.45. The maximum Gasteiger partial charge on any atom is 0.259 e. The van der Waals surface area contributed by atoms with Gasteiger partial charge in [-0.3, -0.25) is 9.69 Å². The van der Waals surface area contributed by atoms with E-state index in [1.165, 1.54) is 19.2 Å². The van der Waals surface area contributed by atoms with Crippen LogP contribution < -0.4 is 4.74 Å². The molecule has 1 aromatic heterocycles. The number of pyridine rings is 1. The minimum absolute atomic E-state index is 0.0424. The third kappa shape index (κ3) is 4.68. The van der Waals surface area contributed by atoms with E-state index in [4.69, 9.17) is 4.74 Å². The number of nitrogens with zero attached hydrogens (tertiary/aromatic N) is 3. The molecule has 1 fully saturated rings. The highest BCUT2D eigenvalue weighted by Gasteiger charge is 2.31. The summed E-state index contributed by atoms with van der Waals surface area (Å²) in [6.07, 6.45) is 2.51. The number of hydrogen-bond acceptors (Lipinski definition) is 4. The summed E-state index contributed by atoms with van der Waals surface area (Å²) in [5, 5.41) is 0. The minimum atomic E-state index is -0.220. The molecule has 2 aromatic rings. The van der Waals surface area contributed by atoms with Crippen LogP contribution in [-0.4, -0.2) is 53.5 Å². The van der Waals surface area contributed by atoms with Crippen LogP contribution in [0.1, 0.15) is 36.2 Å². The van der Waals surface area contributed by atoms with Crippen LogP contribution in [0.5, 0.6) is 5.88 Å². The standard InChI is InChI=1S/C22H28FN3O2/c1-16(2)20-15-26(22(27)19-6-4-11-24-21(19)28-3)13-5-12-25(20)14-17-7-9-18(23)10-8-17/h4,6-11,16,20H,5,12-15H2,1-3H3. The van der Waals surface area contributed by atoms with E-state index in [-0.39, 0.29) is 17.8 Å². The summed E-state index contributed by atoms with van der Waals surface area (Å²) in [4.78, 5) is 21.6. The van der Waals surface area contributed by atoms with E-state index in [2.05, 4.69) is 23.7 Å². The van der Waals surface area contributed by atoms with Crippen molar-refractivity contribution in [2.45, 2.75) is 32.9 Å². The Kier molecular flexibility index (Phi) is 6.62. The second-order valence-electron chi connectivity index (χ2n) is 7.57. The molecule has 0 radical (unpaired) electrons. The van der Waals surface area contributed by atoms with Crippen molar-refractivity contribution in [3.63, 3.8) is 0 Å². The van der Waals surface area contributed by atoms with Crippen molar-refractivity contribution >= 4 is 5.91 Å². The number of hydrogen-bond donors (Lipinski definition) is 0. The predicted molar refractivity (Wildman–Crippen MR) is 107 cm³/mol. The van der Waals surface area contributed by atoms with Gasteiger partial charge in [0.25, 0.3) is 5.91 Å². The van der Waals surface area contributed by atoms with Gasteiger partial charge < -0.3 is 9.64 Å². The van der Waals surface area contributed by atoms with Crippen LogP contribution in [0, 0.1) is 11.7 Å². The van der Waals surface area contributed by atoms with E-state index < -0.39 is 0 Å². The second-order valence-corrected chi connectivity index (χ2v) is 7.57. The van der Waals surface area contributed by atoms with Crippen molar-refractivity contribution < 1.29 is 13.9 Å². The molecule has 6 heteroatoms. The molecule has 5 nitrogen and oxygen atoms in total. The summed E-state index contributed by atoms with van der Waals surface area (Å²) in [5.41, 5.74) is 1.58. The van der Waals surface area contributed by atoms with Crippen molar-refractivity contribution in [1.29, 1.82) is 0 Å². The maximum absolute atomic E-state index is 13.2. The first-order valence-electron chi connectivity index (χ1n) is 9.76. The average molecular weight is 385 g/mol. The fourth-order valence-electron chi connectivity index (χ4n) is 3.79. The first-order valence-corrected chi connectivity index (χ1v) is 9.76. The Balaban J connectivity index is 1.78. The topological polar surface area (TPSA) is 45.7 Å². The highest BCUT2D eigenvalue weighted by molar-refractivity contribution is 5.96. The van der Waals surface area contributed by atoms with Crippen molar-refractivity contribution in [3.8, 4) is 5.88 Å². The van der Waals surface area contributed by atoms with E-state index in [0.29, 0.717) is 30.5 Å². The number of carbonyl (C=O) groups is 1. The first kappa shape index (κ1) is 20.3. The van der Waals surface area contributed by atoms with Gasteiger partial charge in [-0.25, -0.2) is 9.37 Å². The molecule has 0 spiro atoms. The Hall–Kier alpha value is -2.47. The van der Waals surface area contributed by atoms with Crippen LogP contribution in [0.4, 0.5) is 4.39 Å². The van der Waals surface area contributed by atoms with Gasteiger partial charge in [0.1, 0.15) is 11.4 Å². The fraction of sp³-hybridized carbons (Fsp3) is 0.455. The van der Waals surface area contributed by atoms with Crippen molar-refractivity contribution in [2.75, 3.05) is 26.7 Å². The Morgan fingerprint density at radius 3 is 2.68 bits per heavy atom. The summed E-state index contributed by atoms with van der Waals surface area (Å²) in [7, 11) is 1.53. The maximum atomic E-state index is 13.2. The number of halogens is 1. The van der Waals surface area contributed by atoms with E-state index in [0.717, 1.165) is 25.1 Å². The lowest BCUT2D eigenvalue weighted by molar-refractivity contribution is 0.0698. The molecule has 0 N–H and O–H groups in total.